The fraction of sp³-hybridized carbons (Fsp3) is 0.107. The highest BCUT2D eigenvalue weighted by Crippen LogP contribution is 2.58. The molecular weight excluding hydrogens is 431 g/mol. The van der Waals surface area contributed by atoms with Crippen molar-refractivity contribution in [3.05, 3.63) is 120 Å². The molecule has 0 spiro atoms. The molecule has 5 heteroatoms. The third kappa shape index (κ3) is 4.48. The van der Waals surface area contributed by atoms with E-state index in [1.54, 1.807) is 74.9 Å². The Bertz CT molecular complexity index is 1200. The monoisotopic (exact) mass is 456 g/mol. The van der Waals surface area contributed by atoms with Crippen LogP contribution in [0.15, 0.2) is 109 Å². The lowest BCUT2D eigenvalue weighted by molar-refractivity contribution is 0.0986. The lowest BCUT2D eigenvalue weighted by Gasteiger charge is -2.28. The van der Waals surface area contributed by atoms with Crippen molar-refractivity contribution < 1.29 is 18.8 Å². The van der Waals surface area contributed by atoms with Gasteiger partial charge in [-0.2, -0.15) is 0 Å². The van der Waals surface area contributed by atoms with Crippen LogP contribution >= 0.6 is 7.14 Å². The quantitative estimate of drug-likeness (QED) is 0.254. The van der Waals surface area contributed by atoms with Gasteiger partial charge >= 0.3 is 0 Å². The van der Waals surface area contributed by atoms with Crippen molar-refractivity contribution in [3.63, 3.8) is 0 Å². The second-order valence-electron chi connectivity index (χ2n) is 7.60. The number of methoxy groups -OCH3 is 2. The summed E-state index contributed by atoms with van der Waals surface area (Å²) < 4.78 is 25.8. The highest BCUT2D eigenvalue weighted by molar-refractivity contribution is 7.79. The summed E-state index contributed by atoms with van der Waals surface area (Å²) in [5.74, 6) is 1.13. The van der Waals surface area contributed by atoms with Crippen LogP contribution in [-0.4, -0.2) is 20.0 Å². The van der Waals surface area contributed by atoms with E-state index in [1.807, 2.05) is 48.5 Å². The Balaban J connectivity index is 1.98. The first-order valence-corrected chi connectivity index (χ1v) is 12.4. The number of carbonyl (C=O) groups is 1. The highest BCUT2D eigenvalue weighted by atomic mass is 31.2. The fourth-order valence-electron chi connectivity index (χ4n) is 3.98. The number of benzene rings is 4. The number of ketones is 1. The van der Waals surface area contributed by atoms with Gasteiger partial charge in [0.25, 0.3) is 0 Å². The molecule has 0 bridgehead atoms. The topological polar surface area (TPSA) is 52.6 Å². The van der Waals surface area contributed by atoms with Crippen molar-refractivity contribution >= 4 is 23.5 Å². The summed E-state index contributed by atoms with van der Waals surface area (Å²) in [6, 6.07) is 32.7. The van der Waals surface area contributed by atoms with Gasteiger partial charge in [0.2, 0.25) is 0 Å². The van der Waals surface area contributed by atoms with E-state index in [0.717, 1.165) is 0 Å². The van der Waals surface area contributed by atoms with E-state index in [2.05, 4.69) is 0 Å². The molecule has 1 atom stereocenters. The minimum absolute atomic E-state index is 0.184. The first-order valence-electron chi connectivity index (χ1n) is 10.6. The predicted molar refractivity (Wildman–Crippen MR) is 133 cm³/mol. The van der Waals surface area contributed by atoms with Gasteiger partial charge in [-0.05, 0) is 54.1 Å². The van der Waals surface area contributed by atoms with E-state index in [-0.39, 0.29) is 5.78 Å². The van der Waals surface area contributed by atoms with E-state index in [9.17, 15) is 4.79 Å². The minimum atomic E-state index is -3.50. The van der Waals surface area contributed by atoms with Crippen LogP contribution in [0, 0.1) is 0 Å². The Labute approximate surface area is 194 Å². The van der Waals surface area contributed by atoms with Gasteiger partial charge in [-0.25, -0.2) is 0 Å². The van der Waals surface area contributed by atoms with Crippen LogP contribution in [0.25, 0.3) is 0 Å². The van der Waals surface area contributed by atoms with Crippen LogP contribution in [0.3, 0.4) is 0 Å². The van der Waals surface area contributed by atoms with Crippen molar-refractivity contribution in [2.24, 2.45) is 0 Å². The molecule has 0 aliphatic carbocycles. The lowest BCUT2D eigenvalue weighted by atomic mass is 10.0. The maximum Gasteiger partial charge on any atom is 0.178 e. The van der Waals surface area contributed by atoms with Crippen molar-refractivity contribution in [3.8, 4) is 11.5 Å². The molecule has 0 aliphatic rings. The third-order valence-electron chi connectivity index (χ3n) is 5.70. The molecule has 4 aromatic carbocycles. The fourth-order valence-corrected chi connectivity index (χ4v) is 7.13. The molecule has 0 heterocycles. The first-order chi connectivity index (χ1) is 16.1. The highest BCUT2D eigenvalue weighted by Gasteiger charge is 2.42. The molecule has 0 aromatic heterocycles. The molecule has 0 saturated carbocycles. The van der Waals surface area contributed by atoms with Crippen molar-refractivity contribution in [2.75, 3.05) is 14.2 Å². The number of rotatable bonds is 8. The van der Waals surface area contributed by atoms with Gasteiger partial charge in [0.1, 0.15) is 17.2 Å². The van der Waals surface area contributed by atoms with Gasteiger partial charge in [0.15, 0.2) is 12.9 Å². The Morgan fingerprint density at radius 1 is 0.636 bits per heavy atom. The summed E-state index contributed by atoms with van der Waals surface area (Å²) in [5.41, 5.74) is 0.345. The van der Waals surface area contributed by atoms with Gasteiger partial charge in [0.05, 0.1) is 14.2 Å². The van der Waals surface area contributed by atoms with E-state index in [1.165, 1.54) is 0 Å². The largest absolute Gasteiger partial charge is 0.497 e. The number of carbonyl (C=O) groups excluding carboxylic acids is 1. The van der Waals surface area contributed by atoms with Crippen molar-refractivity contribution in [1.82, 2.24) is 0 Å². The zero-order valence-corrected chi connectivity index (χ0v) is 19.4. The molecule has 0 aliphatic heterocycles. The number of hydrogen-bond donors (Lipinski definition) is 0. The van der Waals surface area contributed by atoms with Gasteiger partial charge in [-0.15, -0.1) is 0 Å². The van der Waals surface area contributed by atoms with E-state index < -0.39 is 12.8 Å². The molecule has 166 valence electrons. The maximum atomic E-state index is 15.2. The van der Waals surface area contributed by atoms with E-state index in [4.69, 9.17) is 9.47 Å². The molecular formula is C28H25O4P. The Hall–Kier alpha value is -3.62. The summed E-state index contributed by atoms with van der Waals surface area (Å²) in [4.78, 5) is 14.0. The van der Waals surface area contributed by atoms with Crippen LogP contribution in [0.2, 0.25) is 0 Å². The minimum Gasteiger partial charge on any atom is -0.497 e. The maximum absolute atomic E-state index is 15.2. The number of hydrogen-bond acceptors (Lipinski definition) is 4. The lowest BCUT2D eigenvalue weighted by Crippen LogP contribution is -2.26. The van der Waals surface area contributed by atoms with Crippen LogP contribution < -0.4 is 20.1 Å². The average Bonchev–Trinajstić information content (AvgIpc) is 2.90. The zero-order chi connectivity index (χ0) is 23.3. The van der Waals surface area contributed by atoms with Crippen molar-refractivity contribution in [1.29, 1.82) is 0 Å². The molecule has 0 N–H and O–H groups in total. The molecule has 0 radical (unpaired) electrons. The van der Waals surface area contributed by atoms with Crippen LogP contribution in [0.4, 0.5) is 0 Å². The Morgan fingerprint density at radius 2 is 1.06 bits per heavy atom. The van der Waals surface area contributed by atoms with Crippen molar-refractivity contribution in [2.45, 2.75) is 5.66 Å². The summed E-state index contributed by atoms with van der Waals surface area (Å²) >= 11 is 0. The summed E-state index contributed by atoms with van der Waals surface area (Å²) in [5, 5.41) is 1.18. The Kier molecular flexibility index (Phi) is 6.76. The molecule has 0 saturated heterocycles. The van der Waals surface area contributed by atoms with Crippen LogP contribution in [0.5, 0.6) is 11.5 Å². The normalized spacial score (nSPS) is 12.1. The number of Topliss-reactive ketones (excluding diaryl/α,β-unsaturated/α-hetero) is 1. The third-order valence-corrected chi connectivity index (χ3v) is 9.09. The zero-order valence-electron chi connectivity index (χ0n) is 18.5. The molecule has 0 amide bonds. The SMILES string of the molecule is COc1ccc(P(=O)(c2ccc(OC)cc2)C(C(=O)c2ccccc2)c2ccccc2)cc1. The van der Waals surface area contributed by atoms with Gasteiger partial charge in [-0.1, -0.05) is 60.7 Å². The van der Waals surface area contributed by atoms with Gasteiger partial charge < -0.3 is 14.0 Å². The number of ether oxygens (including phenoxy) is 2. The molecule has 1 unspecified atom stereocenters. The second kappa shape index (κ2) is 9.89. The van der Waals surface area contributed by atoms with Gasteiger partial charge in [0, 0.05) is 16.2 Å². The first kappa shape index (κ1) is 22.6. The average molecular weight is 456 g/mol. The Morgan fingerprint density at radius 3 is 1.48 bits per heavy atom. The molecule has 4 nitrogen and oxygen atoms in total. The summed E-state index contributed by atoms with van der Waals surface area (Å²) in [6.07, 6.45) is 0. The smallest absolute Gasteiger partial charge is 0.178 e. The molecule has 0 fully saturated rings. The van der Waals surface area contributed by atoms with E-state index in [0.29, 0.717) is 33.2 Å². The van der Waals surface area contributed by atoms with Crippen LogP contribution in [-0.2, 0) is 4.57 Å². The second-order valence-corrected chi connectivity index (χ2v) is 10.5. The predicted octanol–water partition coefficient (Wildman–Crippen LogP) is 5.64. The standard InChI is InChI=1S/C28H25O4P/c1-31-23-13-17-25(18-14-23)33(30,26-19-15-24(32-2)16-20-26)28(22-11-7-4-8-12-22)27(29)21-9-5-3-6-10-21/h3-20,28H,1-2H3. The molecule has 4 aromatic rings. The summed E-state index contributed by atoms with van der Waals surface area (Å²) in [6.45, 7) is 0. The molecule has 33 heavy (non-hydrogen) atoms. The summed E-state index contributed by atoms with van der Waals surface area (Å²) in [7, 11) is -0.325. The molecule has 4 rings (SSSR count). The van der Waals surface area contributed by atoms with Gasteiger partial charge in [-0.3, -0.25) is 4.79 Å². The van der Waals surface area contributed by atoms with Crippen LogP contribution in [0.1, 0.15) is 21.6 Å². The van der Waals surface area contributed by atoms with E-state index >= 15 is 4.57 Å².